The minimum absolute atomic E-state index is 0.187. The smallest absolute Gasteiger partial charge is 0.421 e. The molecule has 0 spiro atoms. The number of aliphatic carboxylic acids is 1. The molecule has 0 saturated heterocycles. The molecule has 0 aliphatic heterocycles. The Labute approximate surface area is 91.3 Å². The molecule has 15 heavy (non-hydrogen) atoms. The topological polar surface area (TPSA) is 105 Å². The number of hydrogen-bond acceptors (Lipinski definition) is 6. The maximum absolute atomic E-state index is 9.96. The summed E-state index contributed by atoms with van der Waals surface area (Å²) in [5.41, 5.74) is 0. The molecule has 0 radical (unpaired) electrons. The van der Waals surface area contributed by atoms with E-state index in [2.05, 4.69) is 38.5 Å². The molecule has 86 valence electrons. The third-order valence-electron chi connectivity index (χ3n) is 0.565. The van der Waals surface area contributed by atoms with E-state index in [1.807, 2.05) is 0 Å². The number of carboxylic acids is 1. The van der Waals surface area contributed by atoms with Gasteiger partial charge in [-0.15, -0.1) is 11.7 Å². The van der Waals surface area contributed by atoms with Crippen molar-refractivity contribution in [3.8, 4) is 0 Å². The average Bonchev–Trinajstić information content (AvgIpc) is 2.12. The highest BCUT2D eigenvalue weighted by atomic mass is 35.7. The first-order valence-corrected chi connectivity index (χ1v) is 5.53. The SMILES string of the molecule is C=CC(=O)O.C=CCN=NOS(=O)(=O)Cl. The lowest BCUT2D eigenvalue weighted by atomic mass is 10.7. The summed E-state index contributed by atoms with van der Waals surface area (Å²) in [6.07, 6.45) is 2.26. The maximum Gasteiger partial charge on any atom is 0.421 e. The first kappa shape index (κ1) is 16.0. The van der Waals surface area contributed by atoms with Gasteiger partial charge in [0.2, 0.25) is 0 Å². The number of carbonyl (C=O) groups is 1. The first-order chi connectivity index (χ1) is 6.83. The summed E-state index contributed by atoms with van der Waals surface area (Å²) in [4.78, 5) is 9.25. The Morgan fingerprint density at radius 3 is 2.27 bits per heavy atom. The van der Waals surface area contributed by atoms with Gasteiger partial charge in [-0.3, -0.25) is 0 Å². The van der Waals surface area contributed by atoms with Crippen LogP contribution in [-0.2, 0) is 18.4 Å². The zero-order valence-electron chi connectivity index (χ0n) is 7.54. The van der Waals surface area contributed by atoms with Crippen LogP contribution < -0.4 is 0 Å². The molecule has 0 fully saturated rings. The predicted molar refractivity (Wildman–Crippen MR) is 53.6 cm³/mol. The number of hydrogen-bond donors (Lipinski definition) is 1. The molecule has 9 heteroatoms. The number of rotatable bonds is 5. The summed E-state index contributed by atoms with van der Waals surface area (Å²) in [7, 11) is 0.555. The van der Waals surface area contributed by atoms with Crippen LogP contribution in [0.5, 0.6) is 0 Å². The second-order valence-corrected chi connectivity index (χ2v) is 3.77. The van der Waals surface area contributed by atoms with Crippen LogP contribution in [0.25, 0.3) is 0 Å². The highest BCUT2D eigenvalue weighted by Crippen LogP contribution is 1.98. The van der Waals surface area contributed by atoms with Crippen molar-refractivity contribution in [2.24, 2.45) is 10.4 Å². The first-order valence-electron chi connectivity index (χ1n) is 3.29. The van der Waals surface area contributed by atoms with E-state index in [1.165, 1.54) is 6.08 Å². The van der Waals surface area contributed by atoms with Gasteiger partial charge >= 0.3 is 15.3 Å². The lowest BCUT2D eigenvalue weighted by Crippen LogP contribution is -1.88. The molecular formula is C6H9ClN2O5S. The zero-order chi connectivity index (χ0) is 12.3. The lowest BCUT2D eigenvalue weighted by molar-refractivity contribution is -0.131. The second kappa shape index (κ2) is 9.16. The summed E-state index contributed by atoms with van der Waals surface area (Å²) in [5, 5.41) is 13.6. The minimum atomic E-state index is -4.03. The van der Waals surface area contributed by atoms with Crippen LogP contribution in [0.1, 0.15) is 0 Å². The molecule has 0 heterocycles. The molecule has 1 N–H and O–H groups in total. The molecule has 0 bridgehead atoms. The van der Waals surface area contributed by atoms with E-state index in [9.17, 15) is 13.2 Å². The fourth-order valence-corrected chi connectivity index (χ4v) is 0.357. The van der Waals surface area contributed by atoms with E-state index in [0.29, 0.717) is 0 Å². The molecule has 0 amide bonds. The van der Waals surface area contributed by atoms with Gasteiger partial charge in [-0.1, -0.05) is 12.7 Å². The van der Waals surface area contributed by atoms with Gasteiger partial charge in [0.25, 0.3) is 0 Å². The van der Waals surface area contributed by atoms with Crippen molar-refractivity contribution in [2.45, 2.75) is 0 Å². The van der Waals surface area contributed by atoms with Crippen molar-refractivity contribution < 1.29 is 22.6 Å². The Hall–Kier alpha value is -1.41. The fourth-order valence-electron chi connectivity index (χ4n) is 0.154. The third-order valence-corrected chi connectivity index (χ3v) is 0.979. The van der Waals surface area contributed by atoms with E-state index in [-0.39, 0.29) is 6.54 Å². The highest BCUT2D eigenvalue weighted by Gasteiger charge is 2.01. The van der Waals surface area contributed by atoms with Crippen LogP contribution in [-0.4, -0.2) is 26.0 Å². The monoisotopic (exact) mass is 256 g/mol. The van der Waals surface area contributed by atoms with Crippen LogP contribution >= 0.6 is 10.7 Å². The molecule has 7 nitrogen and oxygen atoms in total. The Morgan fingerprint density at radius 2 is 2.00 bits per heavy atom. The van der Waals surface area contributed by atoms with Gasteiger partial charge in [0.05, 0.1) is 17.2 Å². The van der Waals surface area contributed by atoms with Crippen molar-refractivity contribution >= 4 is 26.0 Å². The van der Waals surface area contributed by atoms with E-state index in [0.717, 1.165) is 6.08 Å². The molecule has 0 aromatic heterocycles. The normalized spacial score (nSPS) is 9.93. The molecule has 0 atom stereocenters. The van der Waals surface area contributed by atoms with Gasteiger partial charge in [0, 0.05) is 11.4 Å². The second-order valence-electron chi connectivity index (χ2n) is 1.70. The van der Waals surface area contributed by atoms with E-state index < -0.39 is 15.3 Å². The van der Waals surface area contributed by atoms with Crippen molar-refractivity contribution in [3.05, 3.63) is 25.3 Å². The predicted octanol–water partition coefficient (Wildman–Crippen LogP) is 1.30. The van der Waals surface area contributed by atoms with Gasteiger partial charge in [-0.2, -0.15) is 8.42 Å². The quantitative estimate of drug-likeness (QED) is 0.262. The van der Waals surface area contributed by atoms with E-state index in [4.69, 9.17) is 5.11 Å². The van der Waals surface area contributed by atoms with Gasteiger partial charge in [-0.05, 0) is 0 Å². The molecule has 0 aliphatic rings. The van der Waals surface area contributed by atoms with Gasteiger partial charge in [0.1, 0.15) is 0 Å². The number of halogens is 1. The maximum atomic E-state index is 9.96. The molecular weight excluding hydrogens is 248 g/mol. The van der Waals surface area contributed by atoms with Crippen LogP contribution in [0.4, 0.5) is 0 Å². The standard InChI is InChI=1S/C3H5ClN2O3S.C3H4O2/c1-2-3-5-6-9-10(4,7)8;1-2-3(4)5/h2H,1,3H2;2H,1H2,(H,4,5). The van der Waals surface area contributed by atoms with E-state index in [1.54, 1.807) is 0 Å². The van der Waals surface area contributed by atoms with Crippen LogP contribution in [0.3, 0.4) is 0 Å². The van der Waals surface area contributed by atoms with Crippen molar-refractivity contribution in [1.82, 2.24) is 0 Å². The summed E-state index contributed by atoms with van der Waals surface area (Å²) in [6, 6.07) is 0. The summed E-state index contributed by atoms with van der Waals surface area (Å²) < 4.78 is 23.6. The molecule has 0 rings (SSSR count). The summed E-state index contributed by atoms with van der Waals surface area (Å²) in [6.45, 7) is 6.45. The van der Waals surface area contributed by atoms with E-state index >= 15 is 0 Å². The largest absolute Gasteiger partial charge is 0.478 e. The molecule has 0 aromatic rings. The van der Waals surface area contributed by atoms with Crippen molar-refractivity contribution in [1.29, 1.82) is 0 Å². The summed E-state index contributed by atoms with van der Waals surface area (Å²) >= 11 is 0. The van der Waals surface area contributed by atoms with Crippen LogP contribution in [0.2, 0.25) is 0 Å². The molecule has 0 aliphatic carbocycles. The molecule has 0 saturated carbocycles. The van der Waals surface area contributed by atoms with Crippen LogP contribution in [0.15, 0.2) is 35.7 Å². The zero-order valence-corrected chi connectivity index (χ0v) is 9.11. The molecule has 0 unspecified atom stereocenters. The third kappa shape index (κ3) is 24.5. The lowest BCUT2D eigenvalue weighted by Gasteiger charge is -1.85. The molecule has 0 aromatic carbocycles. The van der Waals surface area contributed by atoms with Crippen LogP contribution in [0, 0.1) is 0 Å². The fraction of sp³-hybridized carbons (Fsp3) is 0.167. The number of carboxylic acid groups (broad SMARTS) is 1. The Balaban J connectivity index is 0. The summed E-state index contributed by atoms with van der Waals surface area (Å²) in [5.74, 6) is -0.981. The Morgan fingerprint density at radius 1 is 1.53 bits per heavy atom. The highest BCUT2D eigenvalue weighted by molar-refractivity contribution is 8.09. The average molecular weight is 257 g/mol. The Bertz CT molecular complexity index is 337. The van der Waals surface area contributed by atoms with Crippen molar-refractivity contribution in [3.63, 3.8) is 0 Å². The van der Waals surface area contributed by atoms with Crippen molar-refractivity contribution in [2.75, 3.05) is 6.54 Å². The number of nitrogens with zero attached hydrogens (tertiary/aromatic N) is 2. The van der Waals surface area contributed by atoms with Gasteiger partial charge in [-0.25, -0.2) is 9.08 Å². The van der Waals surface area contributed by atoms with Gasteiger partial charge < -0.3 is 5.11 Å². The Kier molecular flexibility index (Phi) is 9.79. The van der Waals surface area contributed by atoms with Gasteiger partial charge in [0.15, 0.2) is 0 Å². The minimum Gasteiger partial charge on any atom is -0.478 e.